The molecule has 0 aliphatic carbocycles. The predicted molar refractivity (Wildman–Crippen MR) is 71.9 cm³/mol. The Morgan fingerprint density at radius 2 is 1.79 bits per heavy atom. The highest BCUT2D eigenvalue weighted by atomic mass is 32.2. The summed E-state index contributed by atoms with van der Waals surface area (Å²) in [5.74, 6) is 0. The van der Waals surface area contributed by atoms with Gasteiger partial charge in [0.25, 0.3) is 10.2 Å². The second-order valence-corrected chi connectivity index (χ2v) is 6.76. The van der Waals surface area contributed by atoms with Crippen molar-refractivity contribution in [2.45, 2.75) is 45.4 Å². The molecule has 0 aromatic rings. The lowest BCUT2D eigenvalue weighted by molar-refractivity contribution is -0.0921. The molecule has 0 bridgehead atoms. The maximum atomic E-state index is 12.7. The van der Waals surface area contributed by atoms with Gasteiger partial charge in [0.05, 0.1) is 19.3 Å². The number of ether oxygens (including phenoxy) is 2. The van der Waals surface area contributed by atoms with E-state index in [1.54, 1.807) is 4.31 Å². The van der Waals surface area contributed by atoms with Crippen LogP contribution in [0.5, 0.6) is 0 Å². The molecule has 1 unspecified atom stereocenters. The molecule has 112 valence electrons. The van der Waals surface area contributed by atoms with Crippen molar-refractivity contribution in [3.63, 3.8) is 0 Å². The fraction of sp³-hybridized carbons (Fsp3) is 1.00. The van der Waals surface area contributed by atoms with E-state index < -0.39 is 16.5 Å². The molecule has 0 amide bonds. The van der Waals surface area contributed by atoms with Gasteiger partial charge in [-0.15, -0.1) is 0 Å². The van der Waals surface area contributed by atoms with Gasteiger partial charge in [-0.05, 0) is 12.8 Å². The average Bonchev–Trinajstić information content (AvgIpc) is 2.93. The highest BCUT2D eigenvalue weighted by molar-refractivity contribution is 7.86. The van der Waals surface area contributed by atoms with Crippen LogP contribution in [0.15, 0.2) is 0 Å². The first kappa shape index (κ1) is 15.2. The van der Waals surface area contributed by atoms with Gasteiger partial charge in [0.15, 0.2) is 6.29 Å². The van der Waals surface area contributed by atoms with Crippen LogP contribution in [0, 0.1) is 0 Å². The fourth-order valence-electron chi connectivity index (χ4n) is 2.79. The molecular formula is C12H24N2O4S. The molecule has 1 atom stereocenters. The predicted octanol–water partition coefficient (Wildman–Crippen LogP) is 0.800. The zero-order chi connectivity index (χ0) is 13.9. The second-order valence-electron chi connectivity index (χ2n) is 4.88. The third-order valence-corrected chi connectivity index (χ3v) is 6.00. The van der Waals surface area contributed by atoms with Crippen LogP contribution in [0.3, 0.4) is 0 Å². The lowest BCUT2D eigenvalue weighted by Gasteiger charge is -2.39. The van der Waals surface area contributed by atoms with E-state index in [0.29, 0.717) is 32.8 Å². The Labute approximate surface area is 115 Å². The molecule has 19 heavy (non-hydrogen) atoms. The quantitative estimate of drug-likeness (QED) is 0.752. The van der Waals surface area contributed by atoms with Gasteiger partial charge in [-0.2, -0.15) is 17.0 Å². The van der Waals surface area contributed by atoms with Gasteiger partial charge in [-0.25, -0.2) is 0 Å². The first-order valence-electron chi connectivity index (χ1n) is 7.11. The van der Waals surface area contributed by atoms with Gasteiger partial charge in [-0.1, -0.05) is 20.3 Å². The molecule has 2 saturated heterocycles. The third kappa shape index (κ3) is 3.11. The van der Waals surface area contributed by atoms with E-state index in [2.05, 4.69) is 0 Å². The van der Waals surface area contributed by atoms with Crippen molar-refractivity contribution in [1.29, 1.82) is 0 Å². The van der Waals surface area contributed by atoms with Crippen LogP contribution in [0.2, 0.25) is 0 Å². The van der Waals surface area contributed by atoms with Crippen molar-refractivity contribution < 1.29 is 17.9 Å². The fourth-order valence-corrected chi connectivity index (χ4v) is 4.64. The minimum absolute atomic E-state index is 0.179. The third-order valence-electron chi connectivity index (χ3n) is 3.79. The number of nitrogens with zero attached hydrogens (tertiary/aromatic N) is 2. The number of rotatable bonds is 5. The summed E-state index contributed by atoms with van der Waals surface area (Å²) in [6, 6.07) is -0.179. The smallest absolute Gasteiger partial charge is 0.282 e. The lowest BCUT2D eigenvalue weighted by atomic mass is 10.0. The zero-order valence-corrected chi connectivity index (χ0v) is 12.6. The molecule has 2 heterocycles. The molecule has 0 aromatic heterocycles. The van der Waals surface area contributed by atoms with Crippen LogP contribution in [0.25, 0.3) is 0 Å². The topological polar surface area (TPSA) is 59.1 Å². The first-order chi connectivity index (χ1) is 9.11. The summed E-state index contributed by atoms with van der Waals surface area (Å²) in [4.78, 5) is 0. The van der Waals surface area contributed by atoms with E-state index in [4.69, 9.17) is 9.47 Å². The molecule has 0 aromatic carbocycles. The number of piperidine rings is 1. The molecule has 2 aliphatic heterocycles. The summed E-state index contributed by atoms with van der Waals surface area (Å²) in [7, 11) is -3.40. The van der Waals surface area contributed by atoms with Gasteiger partial charge in [0.1, 0.15) is 0 Å². The van der Waals surface area contributed by atoms with Gasteiger partial charge in [-0.3, -0.25) is 0 Å². The molecule has 2 aliphatic rings. The van der Waals surface area contributed by atoms with Gasteiger partial charge in [0, 0.05) is 19.6 Å². The highest BCUT2D eigenvalue weighted by Crippen LogP contribution is 2.28. The van der Waals surface area contributed by atoms with Crippen LogP contribution >= 0.6 is 0 Å². The van der Waals surface area contributed by atoms with Gasteiger partial charge in [0.2, 0.25) is 0 Å². The normalized spacial score (nSPS) is 27.2. The minimum atomic E-state index is -3.40. The lowest BCUT2D eigenvalue weighted by Crippen LogP contribution is -2.54. The van der Waals surface area contributed by atoms with Crippen molar-refractivity contribution in [2.75, 3.05) is 32.8 Å². The minimum Gasteiger partial charge on any atom is -0.349 e. The molecule has 6 nitrogen and oxygen atoms in total. The molecule has 7 heteroatoms. The Morgan fingerprint density at radius 1 is 1.16 bits per heavy atom. The summed E-state index contributed by atoms with van der Waals surface area (Å²) in [5.41, 5.74) is 0. The van der Waals surface area contributed by atoms with Crippen LogP contribution < -0.4 is 0 Å². The van der Waals surface area contributed by atoms with E-state index in [0.717, 1.165) is 19.3 Å². The number of hydrogen-bond acceptors (Lipinski definition) is 4. The average molecular weight is 292 g/mol. The van der Waals surface area contributed by atoms with Crippen LogP contribution in [0.4, 0.5) is 0 Å². The van der Waals surface area contributed by atoms with E-state index in [9.17, 15) is 8.42 Å². The highest BCUT2D eigenvalue weighted by Gasteiger charge is 2.41. The van der Waals surface area contributed by atoms with Crippen LogP contribution in [-0.2, 0) is 19.7 Å². The zero-order valence-electron chi connectivity index (χ0n) is 11.7. The van der Waals surface area contributed by atoms with Crippen molar-refractivity contribution in [1.82, 2.24) is 8.61 Å². The summed E-state index contributed by atoms with van der Waals surface area (Å²) in [5, 5.41) is 0. The Kier molecular flexibility index (Phi) is 5.19. The van der Waals surface area contributed by atoms with Crippen molar-refractivity contribution >= 4 is 10.2 Å². The number of hydrogen-bond donors (Lipinski definition) is 0. The maximum Gasteiger partial charge on any atom is 0.282 e. The SMILES string of the molecule is CCN(CC)S(=O)(=O)N1CCCCC1C1OCCO1. The van der Waals surface area contributed by atoms with Crippen LogP contribution in [-0.4, -0.2) is 62.2 Å². The monoisotopic (exact) mass is 292 g/mol. The van der Waals surface area contributed by atoms with E-state index in [1.165, 1.54) is 4.31 Å². The van der Waals surface area contributed by atoms with Crippen molar-refractivity contribution in [2.24, 2.45) is 0 Å². The molecule has 0 saturated carbocycles. The van der Waals surface area contributed by atoms with Gasteiger partial charge >= 0.3 is 0 Å². The summed E-state index contributed by atoms with van der Waals surface area (Å²) >= 11 is 0. The Balaban J connectivity index is 2.18. The summed E-state index contributed by atoms with van der Waals surface area (Å²) < 4.78 is 39.4. The first-order valence-corrected chi connectivity index (χ1v) is 8.51. The Bertz CT molecular complexity index is 377. The molecule has 2 rings (SSSR count). The second kappa shape index (κ2) is 6.49. The van der Waals surface area contributed by atoms with E-state index in [-0.39, 0.29) is 6.04 Å². The Morgan fingerprint density at radius 3 is 2.37 bits per heavy atom. The molecule has 0 radical (unpaired) electrons. The molecular weight excluding hydrogens is 268 g/mol. The summed E-state index contributed by atoms with van der Waals surface area (Å²) in [6.45, 7) is 6.39. The largest absolute Gasteiger partial charge is 0.349 e. The van der Waals surface area contributed by atoms with Crippen molar-refractivity contribution in [3.8, 4) is 0 Å². The van der Waals surface area contributed by atoms with Crippen LogP contribution in [0.1, 0.15) is 33.1 Å². The van der Waals surface area contributed by atoms with Crippen molar-refractivity contribution in [3.05, 3.63) is 0 Å². The molecule has 2 fully saturated rings. The maximum absolute atomic E-state index is 12.7. The van der Waals surface area contributed by atoms with E-state index >= 15 is 0 Å². The Hall–Kier alpha value is -0.210. The standard InChI is InChI=1S/C12H24N2O4S/c1-3-13(4-2)19(15,16)14-8-6-5-7-11(14)12-17-9-10-18-12/h11-12H,3-10H2,1-2H3. The molecule has 0 N–H and O–H groups in total. The van der Waals surface area contributed by atoms with Gasteiger partial charge < -0.3 is 9.47 Å². The van der Waals surface area contributed by atoms with E-state index in [1.807, 2.05) is 13.8 Å². The molecule has 0 spiro atoms. The summed E-state index contributed by atoms with van der Waals surface area (Å²) in [6.07, 6.45) is 2.35.